The van der Waals surface area contributed by atoms with E-state index in [9.17, 15) is 18.0 Å². The molecule has 10 nitrogen and oxygen atoms in total. The van der Waals surface area contributed by atoms with Gasteiger partial charge in [0.2, 0.25) is 15.9 Å². The monoisotopic (exact) mass is 489 g/mol. The Kier molecular flexibility index (Phi) is 7.23. The number of morpholine rings is 1. The fourth-order valence-corrected chi connectivity index (χ4v) is 6.38. The van der Waals surface area contributed by atoms with Crippen LogP contribution in [0.5, 0.6) is 0 Å². The van der Waals surface area contributed by atoms with E-state index in [1.807, 2.05) is 13.8 Å². The standard InChI is InChI=1S/C20H31N5O5S.ClH/c1-13(2)17-18-15(25(20(17)27)31(4,28)29)5-6-24(18)19(26)16-11-14(21-22(16)3)12-23-7-9-30-10-8-23;/h11,13,15,17-18H,5-10,12H2,1-4H3;1H/t15-,17+,18-;/m0./s1. The zero-order valence-electron chi connectivity index (χ0n) is 18.9. The van der Waals surface area contributed by atoms with E-state index in [1.54, 1.807) is 22.7 Å². The number of hydrogen-bond acceptors (Lipinski definition) is 7. The quantitative estimate of drug-likeness (QED) is 0.587. The average molecular weight is 490 g/mol. The van der Waals surface area contributed by atoms with Gasteiger partial charge in [0.1, 0.15) is 5.69 Å². The molecule has 1 aromatic rings. The van der Waals surface area contributed by atoms with Crippen LogP contribution in [0.25, 0.3) is 0 Å². The predicted molar refractivity (Wildman–Crippen MR) is 120 cm³/mol. The van der Waals surface area contributed by atoms with Crippen LogP contribution < -0.4 is 0 Å². The Morgan fingerprint density at radius 2 is 1.91 bits per heavy atom. The second-order valence-electron chi connectivity index (χ2n) is 9.05. The minimum atomic E-state index is -3.69. The van der Waals surface area contributed by atoms with Gasteiger partial charge in [-0.25, -0.2) is 12.7 Å². The van der Waals surface area contributed by atoms with E-state index in [0.29, 0.717) is 38.4 Å². The predicted octanol–water partition coefficient (Wildman–Crippen LogP) is 0.331. The Balaban J connectivity index is 0.00000289. The van der Waals surface area contributed by atoms with Crippen LogP contribution in [0.4, 0.5) is 0 Å². The molecule has 3 atom stereocenters. The van der Waals surface area contributed by atoms with Gasteiger partial charge in [-0.05, 0) is 18.4 Å². The van der Waals surface area contributed by atoms with Gasteiger partial charge in [-0.1, -0.05) is 13.8 Å². The van der Waals surface area contributed by atoms with Crippen molar-refractivity contribution in [1.29, 1.82) is 0 Å². The molecular weight excluding hydrogens is 458 g/mol. The number of carbonyl (C=O) groups excluding carboxylic acids is 2. The molecule has 1 aromatic heterocycles. The molecule has 0 spiro atoms. The zero-order valence-corrected chi connectivity index (χ0v) is 20.6. The van der Waals surface area contributed by atoms with Crippen molar-refractivity contribution in [2.75, 3.05) is 39.1 Å². The van der Waals surface area contributed by atoms with Crippen molar-refractivity contribution < 1.29 is 22.7 Å². The largest absolute Gasteiger partial charge is 0.379 e. The van der Waals surface area contributed by atoms with Gasteiger partial charge in [-0.15, -0.1) is 12.4 Å². The summed E-state index contributed by atoms with van der Waals surface area (Å²) >= 11 is 0. The molecule has 0 unspecified atom stereocenters. The molecule has 3 fully saturated rings. The Morgan fingerprint density at radius 1 is 1.25 bits per heavy atom. The maximum atomic E-state index is 13.5. The minimum Gasteiger partial charge on any atom is -0.379 e. The Labute approximate surface area is 195 Å². The number of aromatic nitrogens is 2. The summed E-state index contributed by atoms with van der Waals surface area (Å²) in [7, 11) is -1.95. The van der Waals surface area contributed by atoms with E-state index < -0.39 is 33.9 Å². The molecule has 0 radical (unpaired) electrons. The second-order valence-corrected chi connectivity index (χ2v) is 10.9. The number of carbonyl (C=O) groups is 2. The molecule has 0 N–H and O–H groups in total. The summed E-state index contributed by atoms with van der Waals surface area (Å²) in [6.07, 6.45) is 1.52. The molecule has 12 heteroatoms. The minimum absolute atomic E-state index is 0. The molecule has 0 saturated carbocycles. The van der Waals surface area contributed by atoms with E-state index in [2.05, 4.69) is 10.00 Å². The van der Waals surface area contributed by atoms with Crippen LogP contribution in [0.15, 0.2) is 6.07 Å². The zero-order chi connectivity index (χ0) is 22.5. The molecule has 3 saturated heterocycles. The molecule has 3 aliphatic heterocycles. The fourth-order valence-electron chi connectivity index (χ4n) is 5.21. The van der Waals surface area contributed by atoms with Gasteiger partial charge in [0, 0.05) is 33.2 Å². The van der Waals surface area contributed by atoms with Gasteiger partial charge in [0.05, 0.1) is 43.2 Å². The molecule has 0 bridgehead atoms. The van der Waals surface area contributed by atoms with Crippen molar-refractivity contribution in [2.24, 2.45) is 18.9 Å². The van der Waals surface area contributed by atoms with Crippen molar-refractivity contribution in [3.8, 4) is 0 Å². The number of amides is 2. The molecule has 4 heterocycles. The lowest BCUT2D eigenvalue weighted by atomic mass is 9.88. The topological polar surface area (TPSA) is 105 Å². The van der Waals surface area contributed by atoms with Crippen LogP contribution >= 0.6 is 12.4 Å². The van der Waals surface area contributed by atoms with Gasteiger partial charge in [-0.3, -0.25) is 19.2 Å². The molecule has 4 rings (SSSR count). The highest BCUT2D eigenvalue weighted by atomic mass is 35.5. The van der Waals surface area contributed by atoms with Gasteiger partial charge in [0.25, 0.3) is 5.91 Å². The maximum Gasteiger partial charge on any atom is 0.272 e. The molecular formula is C20H32ClN5O5S. The lowest BCUT2D eigenvalue weighted by Crippen LogP contribution is -2.44. The van der Waals surface area contributed by atoms with Crippen molar-refractivity contribution in [3.63, 3.8) is 0 Å². The number of aryl methyl sites for hydroxylation is 1. The number of likely N-dealkylation sites (tertiary alicyclic amines) is 1. The smallest absolute Gasteiger partial charge is 0.272 e. The number of fused-ring (bicyclic) bond motifs is 1. The van der Waals surface area contributed by atoms with E-state index in [-0.39, 0.29) is 24.2 Å². The summed E-state index contributed by atoms with van der Waals surface area (Å²) in [5, 5.41) is 4.52. The molecule has 3 aliphatic rings. The highest BCUT2D eigenvalue weighted by Crippen LogP contribution is 2.41. The summed E-state index contributed by atoms with van der Waals surface area (Å²) in [4.78, 5) is 30.4. The molecule has 0 aliphatic carbocycles. The first kappa shape index (κ1) is 24.9. The summed E-state index contributed by atoms with van der Waals surface area (Å²) < 4.78 is 32.6. The van der Waals surface area contributed by atoms with Crippen molar-refractivity contribution in [3.05, 3.63) is 17.5 Å². The molecule has 180 valence electrons. The van der Waals surface area contributed by atoms with Crippen molar-refractivity contribution in [2.45, 2.75) is 38.9 Å². The van der Waals surface area contributed by atoms with Gasteiger partial charge in [0.15, 0.2) is 0 Å². The normalized spacial score (nSPS) is 26.5. The number of hydrogen-bond donors (Lipinski definition) is 0. The summed E-state index contributed by atoms with van der Waals surface area (Å²) in [6, 6.07) is 0.855. The van der Waals surface area contributed by atoms with Crippen LogP contribution in [0.2, 0.25) is 0 Å². The molecule has 2 amide bonds. The molecule has 32 heavy (non-hydrogen) atoms. The number of rotatable bonds is 5. The van der Waals surface area contributed by atoms with Gasteiger partial charge in [-0.2, -0.15) is 5.10 Å². The van der Waals surface area contributed by atoms with Crippen molar-refractivity contribution >= 4 is 34.2 Å². The van der Waals surface area contributed by atoms with Crippen LogP contribution in [0, 0.1) is 11.8 Å². The first-order valence-electron chi connectivity index (χ1n) is 10.8. The summed E-state index contributed by atoms with van der Waals surface area (Å²) in [5.74, 6) is -1.22. The first-order chi connectivity index (χ1) is 14.6. The third-order valence-corrected chi connectivity index (χ3v) is 7.73. The average Bonchev–Trinajstić information content (AvgIpc) is 3.33. The van der Waals surface area contributed by atoms with Crippen LogP contribution in [0.3, 0.4) is 0 Å². The number of nitrogens with zero attached hydrogens (tertiary/aromatic N) is 5. The van der Waals surface area contributed by atoms with Crippen molar-refractivity contribution in [1.82, 2.24) is 23.9 Å². The summed E-state index contributed by atoms with van der Waals surface area (Å²) in [6.45, 7) is 7.90. The Morgan fingerprint density at radius 3 is 2.50 bits per heavy atom. The van der Waals surface area contributed by atoms with Crippen LogP contribution in [0.1, 0.15) is 36.5 Å². The Bertz CT molecular complexity index is 975. The highest BCUT2D eigenvalue weighted by molar-refractivity contribution is 7.88. The van der Waals surface area contributed by atoms with Crippen LogP contribution in [-0.2, 0) is 33.1 Å². The highest BCUT2D eigenvalue weighted by Gasteiger charge is 2.58. The summed E-state index contributed by atoms with van der Waals surface area (Å²) in [5.41, 5.74) is 1.26. The number of halogens is 1. The van der Waals surface area contributed by atoms with E-state index in [4.69, 9.17) is 4.74 Å². The third kappa shape index (κ3) is 4.40. The van der Waals surface area contributed by atoms with Gasteiger partial charge >= 0.3 is 0 Å². The number of sulfonamides is 1. The lowest BCUT2D eigenvalue weighted by Gasteiger charge is -2.29. The SMILES string of the molecule is CC(C)[C@H]1C(=O)N(S(C)(=O)=O)[C@H]2CCN(C(=O)c3cc(CN4CCOCC4)nn3C)[C@H]12.Cl. The lowest BCUT2D eigenvalue weighted by molar-refractivity contribution is -0.129. The maximum absolute atomic E-state index is 13.5. The van der Waals surface area contributed by atoms with Crippen LogP contribution in [-0.4, -0.2) is 95.3 Å². The second kappa shape index (κ2) is 9.28. The third-order valence-electron chi connectivity index (χ3n) is 6.57. The molecule has 0 aromatic carbocycles. The van der Waals surface area contributed by atoms with E-state index >= 15 is 0 Å². The first-order valence-corrected chi connectivity index (χ1v) is 12.6. The Hall–Kier alpha value is -1.69. The fraction of sp³-hybridized carbons (Fsp3) is 0.750. The number of ether oxygens (including phenoxy) is 1. The van der Waals surface area contributed by atoms with E-state index in [0.717, 1.165) is 29.3 Å². The van der Waals surface area contributed by atoms with E-state index in [1.165, 1.54) is 0 Å². The van der Waals surface area contributed by atoms with Gasteiger partial charge < -0.3 is 9.64 Å².